The van der Waals surface area contributed by atoms with Crippen molar-refractivity contribution in [3.8, 4) is 11.5 Å². The summed E-state index contributed by atoms with van der Waals surface area (Å²) in [7, 11) is 1.59. The molecule has 2 rings (SSSR count). The highest BCUT2D eigenvalue weighted by molar-refractivity contribution is 6.30. The van der Waals surface area contributed by atoms with Crippen molar-refractivity contribution >= 4 is 23.4 Å². The van der Waals surface area contributed by atoms with E-state index in [0.717, 1.165) is 12.0 Å². The average molecular weight is 433 g/mol. The first-order chi connectivity index (χ1) is 14.3. The van der Waals surface area contributed by atoms with Gasteiger partial charge >= 0.3 is 0 Å². The third-order valence-corrected chi connectivity index (χ3v) is 5.08. The Morgan fingerprint density at radius 1 is 1.10 bits per heavy atom. The molecule has 0 radical (unpaired) electrons. The summed E-state index contributed by atoms with van der Waals surface area (Å²) >= 11 is 5.88. The van der Waals surface area contributed by atoms with E-state index in [1.807, 2.05) is 38.1 Å². The predicted octanol–water partition coefficient (Wildman–Crippen LogP) is 4.06. The summed E-state index contributed by atoms with van der Waals surface area (Å²) in [4.78, 5) is 27.2. The molecule has 30 heavy (non-hydrogen) atoms. The maximum absolute atomic E-state index is 13.0. The van der Waals surface area contributed by atoms with E-state index in [1.54, 1.807) is 38.3 Å². The molecular weight excluding hydrogens is 404 g/mol. The van der Waals surface area contributed by atoms with Crippen LogP contribution < -0.4 is 14.8 Å². The van der Waals surface area contributed by atoms with Crippen LogP contribution in [0.5, 0.6) is 11.5 Å². The third kappa shape index (κ3) is 6.95. The third-order valence-electron chi connectivity index (χ3n) is 4.83. The van der Waals surface area contributed by atoms with E-state index in [2.05, 4.69) is 5.32 Å². The average Bonchev–Trinajstić information content (AvgIpc) is 2.76. The number of nitrogens with one attached hydrogen (secondary N) is 1. The first-order valence-electron chi connectivity index (χ1n) is 9.95. The number of nitrogens with zero attached hydrogens (tertiary/aromatic N) is 1. The summed E-state index contributed by atoms with van der Waals surface area (Å²) < 4.78 is 10.9. The smallest absolute Gasteiger partial charge is 0.261 e. The highest BCUT2D eigenvalue weighted by Crippen LogP contribution is 2.18. The van der Waals surface area contributed by atoms with Gasteiger partial charge in [0.2, 0.25) is 5.91 Å². The molecule has 0 saturated carbocycles. The van der Waals surface area contributed by atoms with E-state index in [0.29, 0.717) is 16.5 Å². The Hall–Kier alpha value is -2.73. The van der Waals surface area contributed by atoms with Crippen LogP contribution in [0.3, 0.4) is 0 Å². The van der Waals surface area contributed by atoms with Crippen LogP contribution in [-0.2, 0) is 16.1 Å². The number of halogens is 1. The van der Waals surface area contributed by atoms with Crippen LogP contribution in [0.25, 0.3) is 0 Å². The van der Waals surface area contributed by atoms with Crippen LogP contribution in [0, 0.1) is 0 Å². The van der Waals surface area contributed by atoms with E-state index in [9.17, 15) is 9.59 Å². The molecule has 0 unspecified atom stereocenters. The topological polar surface area (TPSA) is 67.9 Å². The van der Waals surface area contributed by atoms with Crippen molar-refractivity contribution in [1.82, 2.24) is 10.2 Å². The second kappa shape index (κ2) is 11.5. The number of benzene rings is 2. The van der Waals surface area contributed by atoms with Crippen LogP contribution in [0.4, 0.5) is 0 Å². The highest BCUT2D eigenvalue weighted by atomic mass is 35.5. The van der Waals surface area contributed by atoms with Crippen molar-refractivity contribution in [2.24, 2.45) is 0 Å². The van der Waals surface area contributed by atoms with E-state index in [4.69, 9.17) is 21.1 Å². The molecule has 2 aromatic rings. The van der Waals surface area contributed by atoms with Crippen molar-refractivity contribution in [2.75, 3.05) is 13.7 Å². The normalized spacial score (nSPS) is 12.6. The van der Waals surface area contributed by atoms with Gasteiger partial charge in [-0.2, -0.15) is 0 Å². The number of amides is 2. The van der Waals surface area contributed by atoms with Gasteiger partial charge in [0.1, 0.15) is 17.5 Å². The molecule has 0 aromatic heterocycles. The summed E-state index contributed by atoms with van der Waals surface area (Å²) in [5.41, 5.74) is 0.859. The minimum absolute atomic E-state index is 0.0269. The fourth-order valence-corrected chi connectivity index (χ4v) is 2.90. The van der Waals surface area contributed by atoms with Gasteiger partial charge in [-0.25, -0.2) is 0 Å². The van der Waals surface area contributed by atoms with Gasteiger partial charge < -0.3 is 19.7 Å². The van der Waals surface area contributed by atoms with Gasteiger partial charge in [-0.05, 0) is 62.2 Å². The molecule has 0 saturated heterocycles. The Labute approximate surface area is 183 Å². The van der Waals surface area contributed by atoms with E-state index in [1.165, 1.54) is 4.90 Å². The number of ether oxygens (including phenoxy) is 2. The molecule has 1 N–H and O–H groups in total. The first-order valence-corrected chi connectivity index (χ1v) is 10.3. The monoisotopic (exact) mass is 432 g/mol. The highest BCUT2D eigenvalue weighted by Gasteiger charge is 2.27. The molecule has 0 heterocycles. The Balaban J connectivity index is 2.16. The minimum Gasteiger partial charge on any atom is -0.497 e. The van der Waals surface area contributed by atoms with Crippen molar-refractivity contribution < 1.29 is 19.1 Å². The lowest BCUT2D eigenvalue weighted by atomic mass is 10.1. The van der Waals surface area contributed by atoms with Gasteiger partial charge in [0.05, 0.1) is 7.11 Å². The van der Waals surface area contributed by atoms with E-state index in [-0.39, 0.29) is 31.0 Å². The maximum Gasteiger partial charge on any atom is 0.261 e. The lowest BCUT2D eigenvalue weighted by molar-refractivity contribution is -0.142. The van der Waals surface area contributed by atoms with Crippen molar-refractivity contribution in [1.29, 1.82) is 0 Å². The number of hydrogen-bond donors (Lipinski definition) is 1. The van der Waals surface area contributed by atoms with E-state index < -0.39 is 6.04 Å². The molecule has 0 fully saturated rings. The second-order valence-electron chi connectivity index (χ2n) is 7.11. The van der Waals surface area contributed by atoms with Crippen molar-refractivity contribution in [3.05, 3.63) is 59.1 Å². The summed E-state index contributed by atoms with van der Waals surface area (Å²) in [6.45, 7) is 5.72. The quantitative estimate of drug-likeness (QED) is 0.614. The summed E-state index contributed by atoms with van der Waals surface area (Å²) in [5, 5.41) is 3.53. The lowest BCUT2D eigenvalue weighted by Crippen LogP contribution is -2.50. The fourth-order valence-electron chi connectivity index (χ4n) is 2.77. The van der Waals surface area contributed by atoms with Gasteiger partial charge in [0.15, 0.2) is 6.61 Å². The summed E-state index contributed by atoms with van der Waals surface area (Å²) in [6.07, 6.45) is 0.808. The molecule has 0 spiro atoms. The zero-order valence-corrected chi connectivity index (χ0v) is 18.6. The van der Waals surface area contributed by atoms with Crippen LogP contribution in [-0.4, -0.2) is 42.5 Å². The molecule has 0 aliphatic carbocycles. The molecule has 7 heteroatoms. The molecule has 0 bridgehead atoms. The van der Waals surface area contributed by atoms with Crippen LogP contribution in [0.2, 0.25) is 5.02 Å². The van der Waals surface area contributed by atoms with Gasteiger partial charge in [-0.15, -0.1) is 0 Å². The number of carbonyl (C=O) groups excluding carboxylic acids is 2. The first kappa shape index (κ1) is 23.5. The minimum atomic E-state index is -0.661. The Kier molecular flexibility index (Phi) is 8.99. The van der Waals surface area contributed by atoms with Crippen molar-refractivity contribution in [3.63, 3.8) is 0 Å². The van der Waals surface area contributed by atoms with Gasteiger partial charge in [-0.3, -0.25) is 9.59 Å². The Morgan fingerprint density at radius 2 is 1.80 bits per heavy atom. The molecule has 6 nitrogen and oxygen atoms in total. The lowest BCUT2D eigenvalue weighted by Gasteiger charge is -2.29. The number of hydrogen-bond acceptors (Lipinski definition) is 4. The van der Waals surface area contributed by atoms with Gasteiger partial charge in [0.25, 0.3) is 5.91 Å². The molecular formula is C23H29ClN2O4. The summed E-state index contributed by atoms with van der Waals surface area (Å²) in [5.74, 6) is 0.728. The molecule has 2 atom stereocenters. The van der Waals surface area contributed by atoms with Gasteiger partial charge in [0, 0.05) is 17.6 Å². The zero-order valence-electron chi connectivity index (χ0n) is 17.9. The molecule has 0 aliphatic rings. The Bertz CT molecular complexity index is 841. The van der Waals surface area contributed by atoms with Crippen LogP contribution >= 0.6 is 11.6 Å². The molecule has 2 amide bonds. The molecule has 162 valence electrons. The van der Waals surface area contributed by atoms with Crippen LogP contribution in [0.1, 0.15) is 32.8 Å². The molecule has 0 aliphatic heterocycles. The van der Waals surface area contributed by atoms with Crippen molar-refractivity contribution in [2.45, 2.75) is 45.8 Å². The Morgan fingerprint density at radius 3 is 2.43 bits per heavy atom. The number of rotatable bonds is 10. The van der Waals surface area contributed by atoms with Crippen LogP contribution in [0.15, 0.2) is 48.5 Å². The maximum atomic E-state index is 13.0. The summed E-state index contributed by atoms with van der Waals surface area (Å²) in [6, 6.07) is 13.6. The van der Waals surface area contributed by atoms with Gasteiger partial charge in [-0.1, -0.05) is 30.7 Å². The molecule has 2 aromatic carbocycles. The predicted molar refractivity (Wildman–Crippen MR) is 118 cm³/mol. The number of methoxy groups -OCH3 is 1. The standard InChI is InChI=1S/C23H29ClN2O4/c1-5-16(2)25-23(28)17(3)26(14-18-7-6-8-21(13-18)29-4)22(27)15-30-20-11-9-19(24)10-12-20/h6-13,16-17H,5,14-15H2,1-4H3,(H,25,28)/t16-,17-/m1/s1. The second-order valence-corrected chi connectivity index (χ2v) is 7.55. The largest absolute Gasteiger partial charge is 0.497 e. The SMILES string of the molecule is CC[C@@H](C)NC(=O)[C@@H](C)N(Cc1cccc(OC)c1)C(=O)COc1ccc(Cl)cc1. The zero-order chi connectivity index (χ0) is 22.1. The fraction of sp³-hybridized carbons (Fsp3) is 0.391. The van der Waals surface area contributed by atoms with E-state index >= 15 is 0 Å². The number of carbonyl (C=O) groups is 2.